The number of ether oxygens (including phenoxy) is 1. The fourth-order valence-corrected chi connectivity index (χ4v) is 10.3. The Bertz CT molecular complexity index is 1200. The molecule has 0 aromatic carbocycles. The van der Waals surface area contributed by atoms with E-state index in [4.69, 9.17) is 4.74 Å². The van der Waals surface area contributed by atoms with Crippen LogP contribution in [-0.4, -0.2) is 47.4 Å². The highest BCUT2D eigenvalue weighted by Gasteiger charge is 2.18. The summed E-state index contributed by atoms with van der Waals surface area (Å²) in [6, 6.07) is -0.629. The van der Waals surface area contributed by atoms with Crippen molar-refractivity contribution in [3.05, 3.63) is 36.5 Å². The Morgan fingerprint density at radius 3 is 1.04 bits per heavy atom. The molecule has 2 atom stereocenters. The van der Waals surface area contributed by atoms with Crippen molar-refractivity contribution >= 4 is 11.9 Å². The van der Waals surface area contributed by atoms with E-state index in [1.54, 1.807) is 6.08 Å². The lowest BCUT2D eigenvalue weighted by atomic mass is 10.0. The summed E-state index contributed by atoms with van der Waals surface area (Å²) in [4.78, 5) is 24.6. The Balaban J connectivity index is 3.41. The Morgan fingerprint density at radius 1 is 0.378 bits per heavy atom. The zero-order chi connectivity index (χ0) is 53.6. The number of hydrogen-bond donors (Lipinski definition) is 3. The third kappa shape index (κ3) is 59.3. The third-order valence-electron chi connectivity index (χ3n) is 15.4. The van der Waals surface area contributed by atoms with Gasteiger partial charge < -0.3 is 20.3 Å². The molecule has 0 aromatic heterocycles. The molecule has 0 aliphatic heterocycles. The molecule has 3 N–H and O–H groups in total. The lowest BCUT2D eigenvalue weighted by Gasteiger charge is -2.20. The van der Waals surface area contributed by atoms with Crippen molar-refractivity contribution in [2.24, 2.45) is 0 Å². The molecule has 2 unspecified atom stereocenters. The van der Waals surface area contributed by atoms with Crippen molar-refractivity contribution in [1.29, 1.82) is 0 Å². The minimum atomic E-state index is -0.846. The zero-order valence-electron chi connectivity index (χ0n) is 49.8. The van der Waals surface area contributed by atoms with Crippen molar-refractivity contribution in [2.75, 3.05) is 13.2 Å². The Labute approximate surface area is 462 Å². The number of amides is 1. The molecule has 6 nitrogen and oxygen atoms in total. The van der Waals surface area contributed by atoms with Crippen LogP contribution in [0.4, 0.5) is 0 Å². The summed E-state index contributed by atoms with van der Waals surface area (Å²) in [7, 11) is 0. The summed E-state index contributed by atoms with van der Waals surface area (Å²) in [6.07, 6.45) is 80.5. The topological polar surface area (TPSA) is 95.9 Å². The van der Waals surface area contributed by atoms with Crippen molar-refractivity contribution in [1.82, 2.24) is 5.32 Å². The molecule has 0 spiro atoms. The summed E-state index contributed by atoms with van der Waals surface area (Å²) in [5.74, 6) is -0.0660. The molecular formula is C68H129NO5. The summed E-state index contributed by atoms with van der Waals surface area (Å²) < 4.78 is 5.49. The van der Waals surface area contributed by atoms with Crippen LogP contribution in [0.2, 0.25) is 0 Å². The van der Waals surface area contributed by atoms with Gasteiger partial charge in [0.25, 0.3) is 0 Å². The van der Waals surface area contributed by atoms with Crippen LogP contribution in [0.1, 0.15) is 361 Å². The molecule has 0 saturated carbocycles. The first-order valence-electron chi connectivity index (χ1n) is 33.3. The summed E-state index contributed by atoms with van der Waals surface area (Å²) in [6.45, 7) is 4.90. The molecule has 0 bridgehead atoms. The standard InChI is InChI=1S/C68H129NO5/c1-3-5-7-9-11-13-15-17-19-21-26-29-32-36-40-44-48-52-56-60-66(71)65(64-70)69-67(72)61-57-53-49-45-41-37-33-30-27-24-22-23-25-28-31-35-39-43-47-51-55-59-63-74-68(73)62-58-54-50-46-42-38-34-20-18-16-14-12-10-8-6-4-2/h14,16,20,34,56,60,65-66,70-71H,3-13,15,17-19,21-33,35-55,57-59,61-64H2,1-2H3,(H,69,72)/b16-14-,34-20-,60-56+. The Morgan fingerprint density at radius 2 is 0.676 bits per heavy atom. The van der Waals surface area contributed by atoms with E-state index in [0.717, 1.165) is 51.4 Å². The lowest BCUT2D eigenvalue weighted by Crippen LogP contribution is -2.45. The van der Waals surface area contributed by atoms with Gasteiger partial charge in [0.15, 0.2) is 0 Å². The number of carbonyl (C=O) groups is 2. The molecule has 6 heteroatoms. The molecule has 436 valence electrons. The lowest BCUT2D eigenvalue weighted by molar-refractivity contribution is -0.143. The molecule has 0 aliphatic carbocycles. The second-order valence-corrected chi connectivity index (χ2v) is 22.8. The molecule has 0 radical (unpaired) electrons. The van der Waals surface area contributed by atoms with Crippen LogP contribution >= 0.6 is 0 Å². The molecule has 1 amide bonds. The highest BCUT2D eigenvalue weighted by Crippen LogP contribution is 2.18. The van der Waals surface area contributed by atoms with Gasteiger partial charge in [0.1, 0.15) is 0 Å². The molecule has 0 fully saturated rings. The SMILES string of the molecule is CCCCCC/C=C\C/C=C\CCCCCCCC(=O)OCCCCCCCCCCCCCCCCCCCCCCCCC(=O)NC(CO)C(O)/C=C/CCCCCCCCCCCCCCCCCCC. The average molecular weight is 1040 g/mol. The molecule has 0 rings (SSSR count). The first-order valence-corrected chi connectivity index (χ1v) is 33.3. The number of unbranched alkanes of at least 4 members (excludes halogenated alkanes) is 47. The van der Waals surface area contributed by atoms with Gasteiger partial charge in [-0.2, -0.15) is 0 Å². The number of aliphatic hydroxyl groups excluding tert-OH is 2. The smallest absolute Gasteiger partial charge is 0.305 e. The normalized spacial score (nSPS) is 12.8. The number of esters is 1. The van der Waals surface area contributed by atoms with Crippen LogP contribution in [0.5, 0.6) is 0 Å². The van der Waals surface area contributed by atoms with Gasteiger partial charge in [-0.15, -0.1) is 0 Å². The van der Waals surface area contributed by atoms with Gasteiger partial charge >= 0.3 is 5.97 Å². The van der Waals surface area contributed by atoms with Crippen molar-refractivity contribution in [3.63, 3.8) is 0 Å². The molecule has 0 saturated heterocycles. The van der Waals surface area contributed by atoms with Gasteiger partial charge in [0.05, 0.1) is 25.4 Å². The zero-order valence-corrected chi connectivity index (χ0v) is 49.8. The molecule has 0 heterocycles. The number of nitrogens with one attached hydrogen (secondary N) is 1. The summed E-state index contributed by atoms with van der Waals surface area (Å²) in [5, 5.41) is 23.2. The van der Waals surface area contributed by atoms with Crippen LogP contribution in [0, 0.1) is 0 Å². The van der Waals surface area contributed by atoms with E-state index < -0.39 is 12.1 Å². The van der Waals surface area contributed by atoms with E-state index in [1.807, 2.05) is 6.08 Å². The van der Waals surface area contributed by atoms with Gasteiger partial charge in [0.2, 0.25) is 5.91 Å². The van der Waals surface area contributed by atoms with E-state index in [2.05, 4.69) is 43.5 Å². The fourth-order valence-electron chi connectivity index (χ4n) is 10.3. The second kappa shape index (κ2) is 63.6. The van der Waals surface area contributed by atoms with Crippen molar-refractivity contribution < 1.29 is 24.5 Å². The van der Waals surface area contributed by atoms with E-state index in [-0.39, 0.29) is 18.5 Å². The Hall–Kier alpha value is -1.92. The van der Waals surface area contributed by atoms with Crippen LogP contribution in [0.25, 0.3) is 0 Å². The molecular weight excluding hydrogens is 911 g/mol. The number of hydrogen-bond acceptors (Lipinski definition) is 5. The van der Waals surface area contributed by atoms with E-state index in [9.17, 15) is 19.8 Å². The fraction of sp³-hybridized carbons (Fsp3) is 0.882. The predicted octanol–water partition coefficient (Wildman–Crippen LogP) is 21.1. The van der Waals surface area contributed by atoms with Crippen LogP contribution in [0.3, 0.4) is 0 Å². The minimum absolute atomic E-state index is 0.000416. The summed E-state index contributed by atoms with van der Waals surface area (Å²) >= 11 is 0. The molecule has 0 aliphatic rings. The third-order valence-corrected chi connectivity index (χ3v) is 15.4. The largest absolute Gasteiger partial charge is 0.466 e. The maximum absolute atomic E-state index is 12.5. The maximum atomic E-state index is 12.5. The van der Waals surface area contributed by atoms with Crippen LogP contribution < -0.4 is 5.32 Å². The van der Waals surface area contributed by atoms with Gasteiger partial charge in [-0.05, 0) is 64.2 Å². The van der Waals surface area contributed by atoms with Crippen LogP contribution in [-0.2, 0) is 14.3 Å². The highest BCUT2D eigenvalue weighted by molar-refractivity contribution is 5.76. The quantitative estimate of drug-likeness (QED) is 0.0320. The van der Waals surface area contributed by atoms with Crippen LogP contribution in [0.15, 0.2) is 36.5 Å². The monoisotopic (exact) mass is 1040 g/mol. The van der Waals surface area contributed by atoms with Crippen molar-refractivity contribution in [3.8, 4) is 0 Å². The average Bonchev–Trinajstić information content (AvgIpc) is 3.40. The van der Waals surface area contributed by atoms with E-state index in [0.29, 0.717) is 19.4 Å². The van der Waals surface area contributed by atoms with Crippen molar-refractivity contribution in [2.45, 2.75) is 373 Å². The minimum Gasteiger partial charge on any atom is -0.466 e. The first-order chi connectivity index (χ1) is 36.5. The molecule has 74 heavy (non-hydrogen) atoms. The van der Waals surface area contributed by atoms with E-state index in [1.165, 1.54) is 283 Å². The predicted molar refractivity (Wildman–Crippen MR) is 324 cm³/mol. The highest BCUT2D eigenvalue weighted by atomic mass is 16.5. The number of carbonyl (C=O) groups excluding carboxylic acids is 2. The Kier molecular flexibility index (Phi) is 62.0. The number of allylic oxidation sites excluding steroid dienone is 5. The summed E-state index contributed by atoms with van der Waals surface area (Å²) in [5.41, 5.74) is 0. The van der Waals surface area contributed by atoms with Gasteiger partial charge in [0, 0.05) is 12.8 Å². The van der Waals surface area contributed by atoms with Gasteiger partial charge in [-0.25, -0.2) is 0 Å². The second-order valence-electron chi connectivity index (χ2n) is 22.8. The first kappa shape index (κ1) is 72.1. The number of rotatable bonds is 62. The number of aliphatic hydroxyl groups is 2. The van der Waals surface area contributed by atoms with Gasteiger partial charge in [-0.1, -0.05) is 320 Å². The van der Waals surface area contributed by atoms with Gasteiger partial charge in [-0.3, -0.25) is 9.59 Å². The molecule has 0 aromatic rings. The maximum Gasteiger partial charge on any atom is 0.305 e. The van der Waals surface area contributed by atoms with E-state index >= 15 is 0 Å².